The quantitative estimate of drug-likeness (QED) is 0.369. The minimum Gasteiger partial charge on any atom is -0.0656 e. The Kier molecular flexibility index (Phi) is 6.44. The number of rotatable bonds is 6. The molecule has 0 saturated carbocycles. The van der Waals surface area contributed by atoms with Crippen LogP contribution in [0.1, 0.15) is 5.56 Å². The van der Waals surface area contributed by atoms with Crippen molar-refractivity contribution in [1.82, 2.24) is 0 Å². The largest absolute Gasteiger partial charge is 0.0775 e. The second-order valence-corrected chi connectivity index (χ2v) is 22.0. The molecule has 3 aromatic carbocycles. The van der Waals surface area contributed by atoms with Crippen LogP contribution in [0.5, 0.6) is 0 Å². The average Bonchev–Trinajstić information content (AvgIpc) is 2.66. The Hall–Kier alpha value is -1.48. The third-order valence-corrected chi connectivity index (χ3v) is 11.9. The van der Waals surface area contributed by atoms with Crippen LogP contribution < -0.4 is 21.0 Å². The van der Waals surface area contributed by atoms with Crippen LogP contribution in [0.2, 0.25) is 39.3 Å². The number of hydrogen-bond acceptors (Lipinski definition) is 0. The van der Waals surface area contributed by atoms with Gasteiger partial charge in [0, 0.05) is 6.16 Å². The lowest BCUT2D eigenvalue weighted by Crippen LogP contribution is -2.38. The summed E-state index contributed by atoms with van der Waals surface area (Å²) in [5.74, 6) is 0. The predicted molar refractivity (Wildman–Crippen MR) is 135 cm³/mol. The molecule has 146 valence electrons. The molecular weight excluding hydrogens is 387 g/mol. The fraction of sp³-hybridized carbons (Fsp3) is 0.280. The maximum absolute atomic E-state index is 2.42. The van der Waals surface area contributed by atoms with Crippen molar-refractivity contribution in [2.75, 3.05) is 0 Å². The predicted octanol–water partition coefficient (Wildman–Crippen LogP) is 5.41. The standard InChI is InChI=1S/C25H33PSi2/c1-27(2,3)24-16-12-22(13-17-24)26(20-21-10-8-7-9-11-21)23-14-18-25(19-15-23)28(4,5)6/h7-19H,20H2,1-6H3. The molecule has 0 spiro atoms. The molecule has 0 saturated heterocycles. The molecule has 0 unspecified atom stereocenters. The fourth-order valence-electron chi connectivity index (χ4n) is 3.38. The van der Waals surface area contributed by atoms with E-state index >= 15 is 0 Å². The lowest BCUT2D eigenvalue weighted by molar-refractivity contribution is 1.40. The first-order valence-electron chi connectivity index (χ1n) is 10.2. The van der Waals surface area contributed by atoms with Crippen LogP contribution in [-0.2, 0) is 6.16 Å². The van der Waals surface area contributed by atoms with Gasteiger partial charge >= 0.3 is 0 Å². The topological polar surface area (TPSA) is 0 Å². The van der Waals surface area contributed by atoms with Gasteiger partial charge in [-0.15, -0.1) is 0 Å². The van der Waals surface area contributed by atoms with Gasteiger partial charge in [-0.3, -0.25) is 0 Å². The number of hydrogen-bond donors (Lipinski definition) is 0. The van der Waals surface area contributed by atoms with Gasteiger partial charge < -0.3 is 0 Å². The highest BCUT2D eigenvalue weighted by Gasteiger charge is 2.20. The zero-order valence-electron chi connectivity index (χ0n) is 18.2. The van der Waals surface area contributed by atoms with E-state index in [4.69, 9.17) is 0 Å². The van der Waals surface area contributed by atoms with Gasteiger partial charge in [0.2, 0.25) is 0 Å². The Labute approximate surface area is 174 Å². The molecule has 0 aromatic heterocycles. The maximum atomic E-state index is 2.42. The van der Waals surface area contributed by atoms with E-state index in [1.54, 1.807) is 10.4 Å². The lowest BCUT2D eigenvalue weighted by Gasteiger charge is -2.23. The van der Waals surface area contributed by atoms with Crippen LogP contribution >= 0.6 is 7.92 Å². The molecular formula is C25H33PSi2. The fourth-order valence-corrected chi connectivity index (χ4v) is 7.97. The van der Waals surface area contributed by atoms with Crippen molar-refractivity contribution in [3.05, 3.63) is 84.4 Å². The van der Waals surface area contributed by atoms with Gasteiger partial charge in [-0.05, 0) is 24.1 Å². The Bertz CT molecular complexity index is 829. The molecule has 0 heterocycles. The van der Waals surface area contributed by atoms with Crippen molar-refractivity contribution < 1.29 is 0 Å². The molecule has 3 rings (SSSR count). The molecule has 0 atom stereocenters. The summed E-state index contributed by atoms with van der Waals surface area (Å²) in [6.45, 7) is 14.5. The highest BCUT2D eigenvalue weighted by molar-refractivity contribution is 7.72. The third kappa shape index (κ3) is 5.32. The summed E-state index contributed by atoms with van der Waals surface area (Å²) < 4.78 is 0. The van der Waals surface area contributed by atoms with Gasteiger partial charge in [0.25, 0.3) is 0 Å². The van der Waals surface area contributed by atoms with Crippen LogP contribution in [0.3, 0.4) is 0 Å². The van der Waals surface area contributed by atoms with E-state index in [2.05, 4.69) is 118 Å². The van der Waals surface area contributed by atoms with E-state index in [0.717, 1.165) is 6.16 Å². The summed E-state index contributed by atoms with van der Waals surface area (Å²) in [4.78, 5) is 0. The van der Waals surface area contributed by atoms with Crippen molar-refractivity contribution in [3.8, 4) is 0 Å². The van der Waals surface area contributed by atoms with E-state index in [-0.39, 0.29) is 0 Å². The first-order valence-corrected chi connectivity index (χ1v) is 18.7. The summed E-state index contributed by atoms with van der Waals surface area (Å²) >= 11 is 0. The molecule has 0 bridgehead atoms. The van der Waals surface area contributed by atoms with E-state index in [0.29, 0.717) is 0 Å². The molecule has 3 aromatic rings. The smallest absolute Gasteiger partial charge is 0.0656 e. The highest BCUT2D eigenvalue weighted by atomic mass is 31.1. The first-order chi connectivity index (χ1) is 13.1. The van der Waals surface area contributed by atoms with Crippen LogP contribution in [0.4, 0.5) is 0 Å². The van der Waals surface area contributed by atoms with Gasteiger partial charge in [-0.2, -0.15) is 0 Å². The van der Waals surface area contributed by atoms with E-state index < -0.39 is 24.1 Å². The van der Waals surface area contributed by atoms with Crippen molar-refractivity contribution in [2.24, 2.45) is 0 Å². The molecule has 0 aliphatic carbocycles. The Morgan fingerprint density at radius 2 is 0.929 bits per heavy atom. The zero-order chi connectivity index (χ0) is 20.4. The summed E-state index contributed by atoms with van der Waals surface area (Å²) in [5.41, 5.74) is 1.43. The second kappa shape index (κ2) is 8.49. The molecule has 28 heavy (non-hydrogen) atoms. The third-order valence-electron chi connectivity index (χ3n) is 5.27. The van der Waals surface area contributed by atoms with Gasteiger partial charge in [0.05, 0.1) is 16.1 Å². The molecule has 3 heteroatoms. The lowest BCUT2D eigenvalue weighted by atomic mass is 10.2. The highest BCUT2D eigenvalue weighted by Crippen LogP contribution is 2.37. The molecule has 0 aliphatic heterocycles. The van der Waals surface area contributed by atoms with Crippen LogP contribution in [0.15, 0.2) is 78.9 Å². The Morgan fingerprint density at radius 3 is 1.29 bits per heavy atom. The van der Waals surface area contributed by atoms with E-state index in [9.17, 15) is 0 Å². The molecule has 0 radical (unpaired) electrons. The summed E-state index contributed by atoms with van der Waals surface area (Å²) in [7, 11) is -2.91. The van der Waals surface area contributed by atoms with E-state index in [1.807, 2.05) is 0 Å². The molecule has 0 nitrogen and oxygen atoms in total. The van der Waals surface area contributed by atoms with Crippen molar-refractivity contribution in [3.63, 3.8) is 0 Å². The van der Waals surface area contributed by atoms with Gasteiger partial charge in [-0.25, -0.2) is 0 Å². The average molecular weight is 421 g/mol. The normalized spacial score (nSPS) is 12.4. The summed E-state index contributed by atoms with van der Waals surface area (Å²) in [6.07, 6.45) is 1.11. The van der Waals surface area contributed by atoms with E-state index in [1.165, 1.54) is 16.2 Å². The zero-order valence-corrected chi connectivity index (χ0v) is 21.1. The minimum absolute atomic E-state index is 0.393. The Morgan fingerprint density at radius 1 is 0.536 bits per heavy atom. The SMILES string of the molecule is C[Si](C)(C)c1ccc(P(Cc2ccccc2)c2ccc([Si](C)(C)C)cc2)cc1. The Balaban J connectivity index is 1.98. The summed E-state index contributed by atoms with van der Waals surface area (Å²) in [6, 6.07) is 30.1. The van der Waals surface area contributed by atoms with Crippen LogP contribution in [-0.4, -0.2) is 16.1 Å². The monoisotopic (exact) mass is 420 g/mol. The van der Waals surface area contributed by atoms with Crippen molar-refractivity contribution >= 4 is 45.1 Å². The second-order valence-electron chi connectivity index (χ2n) is 9.67. The van der Waals surface area contributed by atoms with Gasteiger partial charge in [-0.1, -0.05) is 129 Å². The van der Waals surface area contributed by atoms with Crippen LogP contribution in [0.25, 0.3) is 0 Å². The molecule has 0 N–H and O–H groups in total. The van der Waals surface area contributed by atoms with Gasteiger partial charge in [0.15, 0.2) is 0 Å². The first kappa shape index (κ1) is 21.2. The molecule has 0 fully saturated rings. The molecule has 0 aliphatic rings. The van der Waals surface area contributed by atoms with Crippen molar-refractivity contribution in [1.29, 1.82) is 0 Å². The van der Waals surface area contributed by atoms with Crippen LogP contribution in [0, 0.1) is 0 Å². The minimum atomic E-state index is -1.26. The van der Waals surface area contributed by atoms with Gasteiger partial charge in [0.1, 0.15) is 0 Å². The number of benzene rings is 3. The molecule has 0 amide bonds. The maximum Gasteiger partial charge on any atom is 0.0775 e. The van der Waals surface area contributed by atoms with Crippen molar-refractivity contribution in [2.45, 2.75) is 45.4 Å². The summed E-state index contributed by atoms with van der Waals surface area (Å²) in [5, 5.41) is 6.06.